The molecule has 4 aromatic heterocycles. The fourth-order valence-corrected chi connectivity index (χ4v) is 14.6. The number of fused-ring (bicyclic) bond motifs is 5. The van der Waals surface area contributed by atoms with E-state index in [2.05, 4.69) is 25.5 Å². The maximum absolute atomic E-state index is 15.9. The van der Waals surface area contributed by atoms with Gasteiger partial charge in [0.25, 0.3) is 24.3 Å². The minimum absolute atomic E-state index is 0.00100. The first-order valence-corrected chi connectivity index (χ1v) is 32.1. The summed E-state index contributed by atoms with van der Waals surface area (Å²) < 4.78 is 182. The van der Waals surface area contributed by atoms with Crippen molar-refractivity contribution < 1.29 is 81.2 Å². The molecule has 3 atom stereocenters. The van der Waals surface area contributed by atoms with Crippen molar-refractivity contribution in [3.8, 4) is 22.8 Å². The van der Waals surface area contributed by atoms with Crippen molar-refractivity contribution >= 4 is 74.9 Å². The topological polar surface area (TPSA) is 262 Å². The molecular formula is C60H58ClF8N10O11PS. The van der Waals surface area contributed by atoms with Gasteiger partial charge in [0.2, 0.25) is 21.8 Å². The van der Waals surface area contributed by atoms with Crippen LogP contribution >= 0.6 is 19.4 Å². The molecule has 0 spiro atoms. The Balaban J connectivity index is 1.15. The number of aliphatic carboxylic acids is 1. The molecule has 2 amide bonds. The number of phosphoric acid groups is 1. The van der Waals surface area contributed by atoms with Crippen LogP contribution in [0.15, 0.2) is 77.7 Å². The lowest BCUT2D eigenvalue weighted by molar-refractivity contribution is -0.136. The van der Waals surface area contributed by atoms with Crippen molar-refractivity contribution in [2.24, 2.45) is 13.0 Å². The standard InChI is InChI=1S/C60H58ClF8N10O11PS/c1-27(2)88-91(85,89-28(3)4)90-43-17-29(5)16-32(22-46(82)83)49(43)59(6,7)25-45(81)79(92(9,86)87)57-48-38(61)12-13-42(51(48)76(8)75-57)78-56(73-40-21-31(10-11-35(40)58(78)84)55-70-15-14-39(72-55)53(64)65)41(20-30-18-33(62)23-34(63)19-30)71-44(80)26-77-52-47(50(74-77)54(66)67)36-24-37(36)60(52,68)69/h10-19,21,23,27-28,36-37,41,53-54H,20,22,24-26H2,1-9H3,(H,71,80)(H,82,83)/t36-,37+,41-/m0/s1. The van der Waals surface area contributed by atoms with Gasteiger partial charge in [-0.3, -0.25) is 42.2 Å². The molecule has 21 nitrogen and oxygen atoms in total. The molecule has 1 fully saturated rings. The molecule has 4 heterocycles. The molecule has 0 radical (unpaired) electrons. The predicted octanol–water partition coefficient (Wildman–Crippen LogP) is 12.0. The Labute approximate surface area is 524 Å². The van der Waals surface area contributed by atoms with Gasteiger partial charge in [-0.15, -0.1) is 0 Å². The van der Waals surface area contributed by atoms with Crippen LogP contribution in [0.1, 0.15) is 130 Å². The van der Waals surface area contributed by atoms with E-state index in [1.165, 1.54) is 63.4 Å². The average Bonchev–Trinajstić information content (AvgIpc) is 1.52. The third kappa shape index (κ3) is 13.1. The van der Waals surface area contributed by atoms with Crippen molar-refractivity contribution in [2.45, 2.75) is 129 Å². The molecule has 0 bridgehead atoms. The highest BCUT2D eigenvalue weighted by Gasteiger charge is 2.67. The number of anilines is 1. The Kier molecular flexibility index (Phi) is 17.9. The first-order chi connectivity index (χ1) is 43.0. The molecule has 10 rings (SSSR count). The highest BCUT2D eigenvalue weighted by Crippen LogP contribution is 2.68. The number of amides is 2. The molecule has 1 saturated carbocycles. The number of carbonyl (C=O) groups excluding carboxylic acids is 2. The van der Waals surface area contributed by atoms with E-state index in [9.17, 15) is 45.2 Å². The van der Waals surface area contributed by atoms with Crippen LogP contribution in [0.3, 0.4) is 0 Å². The zero-order valence-electron chi connectivity index (χ0n) is 50.3. The number of hydrogen-bond acceptors (Lipinski definition) is 15. The number of sulfonamides is 1. The Morgan fingerprint density at radius 1 is 0.935 bits per heavy atom. The number of phosphoric ester groups is 1. The van der Waals surface area contributed by atoms with Gasteiger partial charge < -0.3 is 14.9 Å². The number of hydrogen-bond donors (Lipinski definition) is 2. The number of carboxylic acids is 1. The van der Waals surface area contributed by atoms with E-state index in [4.69, 9.17) is 30.2 Å². The summed E-state index contributed by atoms with van der Waals surface area (Å²) in [6.07, 6.45) is -8.35. The van der Waals surface area contributed by atoms with E-state index in [1.807, 2.05) is 0 Å². The largest absolute Gasteiger partial charge is 0.530 e. The lowest BCUT2D eigenvalue weighted by Gasteiger charge is -2.32. The van der Waals surface area contributed by atoms with Crippen molar-refractivity contribution in [1.29, 1.82) is 0 Å². The second-order valence-corrected chi connectivity index (χ2v) is 27.4. The van der Waals surface area contributed by atoms with Gasteiger partial charge in [0.1, 0.15) is 46.8 Å². The number of halogens is 9. The first-order valence-electron chi connectivity index (χ1n) is 28.4. The van der Waals surface area contributed by atoms with Crippen LogP contribution in [-0.2, 0) is 75.8 Å². The Morgan fingerprint density at radius 2 is 1.61 bits per heavy atom. The minimum Gasteiger partial charge on any atom is -0.481 e. The summed E-state index contributed by atoms with van der Waals surface area (Å²) in [5.74, 6) is -13.6. The molecular weight excluding hydrogens is 1290 g/mol. The lowest BCUT2D eigenvalue weighted by Crippen LogP contribution is -2.40. The third-order valence-electron chi connectivity index (χ3n) is 15.2. The maximum Gasteiger partial charge on any atom is 0.530 e. The molecule has 0 saturated heterocycles. The molecule has 488 valence electrons. The monoisotopic (exact) mass is 1340 g/mol. The summed E-state index contributed by atoms with van der Waals surface area (Å²) in [4.78, 5) is 70.8. The SMILES string of the molecule is Cc1cc(CC(=O)O)c(C(C)(C)CC(=O)N(c2nn(C)c3c(-n4c([C@H](Cc5cc(F)cc(F)c5)NC(=O)Cn5nc(C(F)F)c6c5C(F)(F)[C@@H]5C[C@H]65)nc5cc(-c6nccc(C(F)F)n6)ccc5c4=O)ccc(Cl)c23)S(C)(=O)=O)c(OP(=O)(OC(C)C)OC(C)C)c1. The molecule has 32 heteroatoms. The smallest absolute Gasteiger partial charge is 0.481 e. The average molecular weight is 1350 g/mol. The Hall–Kier alpha value is -8.18. The van der Waals surface area contributed by atoms with Gasteiger partial charge in [0.05, 0.1) is 63.4 Å². The van der Waals surface area contributed by atoms with Crippen LogP contribution < -0.4 is 19.7 Å². The van der Waals surface area contributed by atoms with Crippen molar-refractivity contribution in [2.75, 3.05) is 10.6 Å². The number of aryl methyl sites for hydroxylation is 2. The van der Waals surface area contributed by atoms with Crippen LogP contribution in [0, 0.1) is 24.5 Å². The maximum atomic E-state index is 15.9. The summed E-state index contributed by atoms with van der Waals surface area (Å²) in [5.41, 5.74) is -6.04. The van der Waals surface area contributed by atoms with Crippen LogP contribution in [0.2, 0.25) is 5.02 Å². The summed E-state index contributed by atoms with van der Waals surface area (Å²) in [6.45, 7) is 9.64. The highest BCUT2D eigenvalue weighted by atomic mass is 35.5. The third-order valence-corrected chi connectivity index (χ3v) is 18.4. The number of aromatic nitrogens is 8. The van der Waals surface area contributed by atoms with Crippen molar-refractivity contribution in [3.63, 3.8) is 0 Å². The van der Waals surface area contributed by atoms with Gasteiger partial charge in [-0.25, -0.2) is 54.3 Å². The number of benzene rings is 4. The summed E-state index contributed by atoms with van der Waals surface area (Å²) in [7, 11) is -8.10. The quantitative estimate of drug-likeness (QED) is 0.0445. The zero-order chi connectivity index (χ0) is 67.2. The molecule has 8 aromatic rings. The second kappa shape index (κ2) is 24.7. The minimum atomic E-state index is -4.83. The van der Waals surface area contributed by atoms with E-state index >= 15 is 27.2 Å². The van der Waals surface area contributed by atoms with E-state index in [-0.39, 0.29) is 72.8 Å². The van der Waals surface area contributed by atoms with Gasteiger partial charge in [0.15, 0.2) is 11.6 Å². The summed E-state index contributed by atoms with van der Waals surface area (Å²) >= 11 is 7.01. The molecule has 2 aliphatic rings. The number of nitrogens with one attached hydrogen (secondary N) is 1. The second-order valence-electron chi connectivity index (χ2n) is 23.7. The zero-order valence-corrected chi connectivity index (χ0v) is 52.8. The van der Waals surface area contributed by atoms with Crippen molar-refractivity contribution in [1.82, 2.24) is 44.4 Å². The van der Waals surface area contributed by atoms with Gasteiger partial charge in [0, 0.05) is 60.2 Å². The van der Waals surface area contributed by atoms with E-state index in [1.54, 1.807) is 34.6 Å². The summed E-state index contributed by atoms with van der Waals surface area (Å²) in [6, 6.07) is 10.5. The Bertz CT molecular complexity index is 4530. The van der Waals surface area contributed by atoms with Crippen LogP contribution in [0.5, 0.6) is 5.75 Å². The van der Waals surface area contributed by atoms with E-state index in [0.717, 1.165) is 33.6 Å². The lowest BCUT2D eigenvalue weighted by atomic mass is 9.77. The molecule has 0 aliphatic heterocycles. The van der Waals surface area contributed by atoms with Crippen LogP contribution in [0.4, 0.5) is 40.9 Å². The fraction of sp³-hybridized carbons (Fsp3) is 0.383. The molecule has 4 aromatic carbocycles. The molecule has 2 N–H and O–H groups in total. The van der Waals surface area contributed by atoms with Crippen LogP contribution in [-0.4, -0.2) is 88.9 Å². The first kappa shape index (κ1) is 66.7. The van der Waals surface area contributed by atoms with Crippen molar-refractivity contribution in [3.05, 3.63) is 151 Å². The van der Waals surface area contributed by atoms with Gasteiger partial charge in [-0.1, -0.05) is 37.6 Å². The number of carboxylic acid groups (broad SMARTS) is 1. The normalized spacial score (nSPS) is 15.8. The van der Waals surface area contributed by atoms with E-state index in [0.29, 0.717) is 26.9 Å². The van der Waals surface area contributed by atoms with Gasteiger partial charge in [-0.2, -0.15) is 23.3 Å². The number of alkyl halides is 6. The van der Waals surface area contributed by atoms with Crippen LogP contribution in [0.25, 0.3) is 38.9 Å². The molecule has 2 aliphatic carbocycles. The molecule has 92 heavy (non-hydrogen) atoms. The van der Waals surface area contributed by atoms with Gasteiger partial charge in [-0.05, 0) is 112 Å². The number of nitrogens with zero attached hydrogens (tertiary/aromatic N) is 9. The predicted molar refractivity (Wildman–Crippen MR) is 319 cm³/mol. The van der Waals surface area contributed by atoms with Gasteiger partial charge >= 0.3 is 13.8 Å². The number of rotatable bonds is 23. The highest BCUT2D eigenvalue weighted by molar-refractivity contribution is 7.92. The van der Waals surface area contributed by atoms with E-state index < -0.39 is 167 Å². The number of carbonyl (C=O) groups is 3. The Morgan fingerprint density at radius 3 is 2.23 bits per heavy atom. The molecule has 0 unspecified atom stereocenters. The fourth-order valence-electron chi connectivity index (χ4n) is 11.9. The summed E-state index contributed by atoms with van der Waals surface area (Å²) in [5, 5.41) is 20.1.